The summed E-state index contributed by atoms with van der Waals surface area (Å²) in [7, 11) is 1.94. The maximum absolute atomic E-state index is 12.8. The molecule has 1 aliphatic heterocycles. The smallest absolute Gasteiger partial charge is 0.337 e. The molecule has 7 rings (SSSR count). The molecule has 4 aromatic carbocycles. The Labute approximate surface area is 264 Å². The van der Waals surface area contributed by atoms with Gasteiger partial charge >= 0.3 is 5.97 Å². The predicted octanol–water partition coefficient (Wildman–Crippen LogP) is 8.55. The Hall–Kier alpha value is -4.73. The van der Waals surface area contributed by atoms with Crippen molar-refractivity contribution < 1.29 is 24.1 Å². The second kappa shape index (κ2) is 10.7. The van der Waals surface area contributed by atoms with E-state index in [2.05, 4.69) is 41.5 Å². The Morgan fingerprint density at radius 1 is 0.978 bits per heavy atom. The van der Waals surface area contributed by atoms with E-state index in [-0.39, 0.29) is 0 Å². The Balaban J connectivity index is 1.41. The fourth-order valence-electron chi connectivity index (χ4n) is 5.96. The number of ether oxygens (including phenoxy) is 3. The van der Waals surface area contributed by atoms with Gasteiger partial charge in [0.05, 0.1) is 27.5 Å². The van der Waals surface area contributed by atoms with Crippen LogP contribution in [0.3, 0.4) is 0 Å². The molecule has 0 amide bonds. The molecule has 8 nitrogen and oxygen atoms in total. The zero-order valence-corrected chi connectivity index (χ0v) is 26.7. The van der Waals surface area contributed by atoms with Crippen LogP contribution in [0.25, 0.3) is 53.9 Å². The van der Waals surface area contributed by atoms with E-state index < -0.39 is 24.0 Å². The number of carboxylic acid groups (broad SMARTS) is 1. The molecule has 0 fully saturated rings. The first-order valence-corrected chi connectivity index (χ1v) is 15.6. The van der Waals surface area contributed by atoms with Crippen molar-refractivity contribution in [2.24, 2.45) is 7.05 Å². The SMILES string of the molecule is Cc1cc2nc(-c3cccc(-c4ccc5c(cnn5C)c4)c3)sc2c(-c2ccc3c(c2)OC(C)O3)c1[C@H](OC(C)(C)C)C(=O)O. The summed E-state index contributed by atoms with van der Waals surface area (Å²) in [6.07, 6.45) is 0.289. The molecule has 2 atom stereocenters. The largest absolute Gasteiger partial charge is 0.479 e. The number of hydrogen-bond donors (Lipinski definition) is 1. The van der Waals surface area contributed by atoms with Crippen molar-refractivity contribution in [1.29, 1.82) is 0 Å². The molecule has 45 heavy (non-hydrogen) atoms. The zero-order chi connectivity index (χ0) is 31.6. The standard InChI is InChI=1S/C36H33N3O5S/c1-19-14-26-33(45-34(38-26)24-9-7-8-21(15-24)22-10-12-27-25(16-22)18-37-39(27)6)31(30(19)32(35(40)41)44-36(3,4)5)23-11-13-28-29(17-23)43-20(2)42-28/h7-18,20,32H,1-6H3,(H,40,41)/t20?,32-/m0/s1. The van der Waals surface area contributed by atoms with Gasteiger partial charge in [0.2, 0.25) is 6.29 Å². The highest BCUT2D eigenvalue weighted by atomic mass is 32.1. The van der Waals surface area contributed by atoms with Gasteiger partial charge in [0.25, 0.3) is 0 Å². The van der Waals surface area contributed by atoms with Crippen LogP contribution in [0.5, 0.6) is 11.5 Å². The number of thiazole rings is 1. The van der Waals surface area contributed by atoms with E-state index >= 15 is 0 Å². The molecule has 1 unspecified atom stereocenters. The van der Waals surface area contributed by atoms with E-state index in [4.69, 9.17) is 19.2 Å². The fourth-order valence-corrected chi connectivity index (χ4v) is 7.08. The lowest BCUT2D eigenvalue weighted by molar-refractivity contribution is -0.160. The van der Waals surface area contributed by atoms with Crippen molar-refractivity contribution in [3.05, 3.63) is 84.1 Å². The first kappa shape index (κ1) is 29.0. The number of carboxylic acids is 1. The summed E-state index contributed by atoms with van der Waals surface area (Å²) in [5, 5.41) is 16.7. The molecular formula is C36H33N3O5S. The lowest BCUT2D eigenvalue weighted by atomic mass is 9.91. The van der Waals surface area contributed by atoms with Crippen molar-refractivity contribution in [2.45, 2.75) is 52.6 Å². The Morgan fingerprint density at radius 3 is 2.49 bits per heavy atom. The average Bonchev–Trinajstić information content (AvgIpc) is 3.70. The maximum Gasteiger partial charge on any atom is 0.337 e. The molecular weight excluding hydrogens is 586 g/mol. The summed E-state index contributed by atoms with van der Waals surface area (Å²) in [6, 6.07) is 22.4. The van der Waals surface area contributed by atoms with Crippen LogP contribution >= 0.6 is 11.3 Å². The van der Waals surface area contributed by atoms with E-state index in [1.807, 2.05) is 82.9 Å². The van der Waals surface area contributed by atoms with Gasteiger partial charge < -0.3 is 19.3 Å². The van der Waals surface area contributed by atoms with E-state index in [0.29, 0.717) is 17.1 Å². The van der Waals surface area contributed by atoms with Gasteiger partial charge in [-0.25, -0.2) is 9.78 Å². The van der Waals surface area contributed by atoms with Gasteiger partial charge in [-0.05, 0) is 86.3 Å². The second-order valence-corrected chi connectivity index (χ2v) is 13.4. The molecule has 0 spiro atoms. The normalized spacial score (nSPS) is 15.2. The number of aromatic nitrogens is 3. The van der Waals surface area contributed by atoms with Gasteiger partial charge in [-0.15, -0.1) is 11.3 Å². The van der Waals surface area contributed by atoms with Crippen molar-refractivity contribution >= 4 is 38.4 Å². The van der Waals surface area contributed by atoms with Gasteiger partial charge in [-0.3, -0.25) is 4.68 Å². The van der Waals surface area contributed by atoms with E-state index in [1.54, 1.807) is 11.3 Å². The summed E-state index contributed by atoms with van der Waals surface area (Å²) in [4.78, 5) is 17.9. The summed E-state index contributed by atoms with van der Waals surface area (Å²) in [5.74, 6) is 0.224. The molecule has 1 aliphatic rings. The lowest BCUT2D eigenvalue weighted by Gasteiger charge is -2.28. The van der Waals surface area contributed by atoms with Gasteiger partial charge in [0, 0.05) is 36.0 Å². The third kappa shape index (κ3) is 5.32. The summed E-state index contributed by atoms with van der Waals surface area (Å²) in [5.41, 5.74) is 7.30. The van der Waals surface area contributed by atoms with Crippen LogP contribution in [-0.2, 0) is 16.6 Å². The number of fused-ring (bicyclic) bond motifs is 3. The first-order valence-electron chi connectivity index (χ1n) is 14.8. The molecule has 6 aromatic rings. The molecule has 9 heteroatoms. The molecule has 0 saturated heterocycles. The van der Waals surface area contributed by atoms with Gasteiger partial charge in [0.15, 0.2) is 17.6 Å². The highest BCUT2D eigenvalue weighted by Crippen LogP contribution is 2.47. The third-order valence-corrected chi connectivity index (χ3v) is 9.03. The number of aryl methyl sites for hydroxylation is 2. The van der Waals surface area contributed by atoms with Crippen LogP contribution in [0.15, 0.2) is 72.9 Å². The lowest BCUT2D eigenvalue weighted by Crippen LogP contribution is -2.28. The quantitative estimate of drug-likeness (QED) is 0.200. The van der Waals surface area contributed by atoms with Crippen LogP contribution in [0, 0.1) is 6.92 Å². The van der Waals surface area contributed by atoms with Crippen molar-refractivity contribution in [1.82, 2.24) is 14.8 Å². The van der Waals surface area contributed by atoms with Crippen LogP contribution in [0.4, 0.5) is 0 Å². The Morgan fingerprint density at radius 2 is 1.71 bits per heavy atom. The predicted molar refractivity (Wildman–Crippen MR) is 177 cm³/mol. The Kier molecular flexibility index (Phi) is 6.91. The number of hydrogen-bond acceptors (Lipinski definition) is 7. The van der Waals surface area contributed by atoms with Crippen molar-refractivity contribution in [3.63, 3.8) is 0 Å². The molecule has 0 saturated carbocycles. The number of carbonyl (C=O) groups is 1. The number of nitrogens with zero attached hydrogens (tertiary/aromatic N) is 3. The Bertz CT molecular complexity index is 2120. The minimum Gasteiger partial charge on any atom is -0.479 e. The molecule has 1 N–H and O–H groups in total. The minimum atomic E-state index is -1.19. The molecule has 228 valence electrons. The topological polar surface area (TPSA) is 95.7 Å². The summed E-state index contributed by atoms with van der Waals surface area (Å²) < 4.78 is 20.6. The zero-order valence-electron chi connectivity index (χ0n) is 25.9. The van der Waals surface area contributed by atoms with Crippen LogP contribution in [0.1, 0.15) is 44.9 Å². The molecule has 0 bridgehead atoms. The molecule has 0 radical (unpaired) electrons. The molecule has 3 heterocycles. The number of rotatable bonds is 6. The van der Waals surface area contributed by atoms with Crippen LogP contribution < -0.4 is 9.47 Å². The summed E-state index contributed by atoms with van der Waals surface area (Å²) >= 11 is 1.54. The monoisotopic (exact) mass is 619 g/mol. The van der Waals surface area contributed by atoms with Gasteiger partial charge in [-0.1, -0.05) is 30.3 Å². The number of benzene rings is 4. The van der Waals surface area contributed by atoms with Crippen molar-refractivity contribution in [2.75, 3.05) is 0 Å². The van der Waals surface area contributed by atoms with E-state index in [9.17, 15) is 9.90 Å². The average molecular weight is 620 g/mol. The number of aliphatic carboxylic acids is 1. The van der Waals surface area contributed by atoms with Crippen molar-refractivity contribution in [3.8, 4) is 44.3 Å². The third-order valence-electron chi connectivity index (χ3n) is 7.89. The molecule has 0 aliphatic carbocycles. The second-order valence-electron chi connectivity index (χ2n) is 12.4. The van der Waals surface area contributed by atoms with Gasteiger partial charge in [0.1, 0.15) is 5.01 Å². The van der Waals surface area contributed by atoms with Gasteiger partial charge in [-0.2, -0.15) is 5.10 Å². The van der Waals surface area contributed by atoms with E-state index in [0.717, 1.165) is 59.5 Å². The van der Waals surface area contributed by atoms with Crippen LogP contribution in [0.2, 0.25) is 0 Å². The highest BCUT2D eigenvalue weighted by molar-refractivity contribution is 7.22. The van der Waals surface area contributed by atoms with Crippen LogP contribution in [-0.4, -0.2) is 37.7 Å². The minimum absolute atomic E-state index is 0.399. The first-order chi connectivity index (χ1) is 21.4. The summed E-state index contributed by atoms with van der Waals surface area (Å²) in [6.45, 7) is 9.35. The highest BCUT2D eigenvalue weighted by Gasteiger charge is 2.33. The fraction of sp³-hybridized carbons (Fsp3) is 0.250. The maximum atomic E-state index is 12.8. The molecule has 2 aromatic heterocycles. The van der Waals surface area contributed by atoms with E-state index in [1.165, 1.54) is 0 Å².